The van der Waals surface area contributed by atoms with Gasteiger partial charge in [0.2, 0.25) is 0 Å². The first-order valence-corrected chi connectivity index (χ1v) is 4.78. The molecule has 0 bridgehead atoms. The van der Waals surface area contributed by atoms with Gasteiger partial charge in [0.25, 0.3) is 0 Å². The molecule has 4 nitrogen and oxygen atoms in total. The van der Waals surface area contributed by atoms with Crippen LogP contribution in [0.1, 0.15) is 12.5 Å². The summed E-state index contributed by atoms with van der Waals surface area (Å²) in [5.74, 6) is -0.597. The molecule has 1 aromatic carbocycles. The molecule has 78 valence electrons. The fourth-order valence-corrected chi connectivity index (χ4v) is 1.62. The maximum Gasteiger partial charge on any atom is 0.422 e. The minimum atomic E-state index is -0.597. The van der Waals surface area contributed by atoms with Crippen LogP contribution in [0.4, 0.5) is 0 Å². The standard InChI is InChI=1S/C11H11NO3/c1-3-12-9-6-7(2)4-5-8(9)10(13)15-11(12)14/h4-6H,3H2,1-2H3. The van der Waals surface area contributed by atoms with Gasteiger partial charge in [-0.25, -0.2) is 9.59 Å². The molecule has 0 aliphatic carbocycles. The highest BCUT2D eigenvalue weighted by molar-refractivity contribution is 5.78. The summed E-state index contributed by atoms with van der Waals surface area (Å²) in [4.78, 5) is 22.8. The Labute approximate surface area is 85.8 Å². The second kappa shape index (κ2) is 3.38. The molecule has 0 amide bonds. The minimum Gasteiger partial charge on any atom is -0.372 e. The Bertz CT molecular complexity index is 622. The molecule has 0 saturated carbocycles. The Morgan fingerprint density at radius 1 is 1.33 bits per heavy atom. The summed E-state index contributed by atoms with van der Waals surface area (Å²) < 4.78 is 6.05. The Balaban J connectivity index is 3.05. The Morgan fingerprint density at radius 3 is 2.73 bits per heavy atom. The van der Waals surface area contributed by atoms with Crippen LogP contribution in [0, 0.1) is 6.92 Å². The number of aromatic nitrogens is 1. The van der Waals surface area contributed by atoms with Gasteiger partial charge in [-0.1, -0.05) is 6.07 Å². The van der Waals surface area contributed by atoms with E-state index in [9.17, 15) is 9.59 Å². The average Bonchev–Trinajstić information content (AvgIpc) is 2.17. The van der Waals surface area contributed by atoms with E-state index in [4.69, 9.17) is 0 Å². The molecule has 1 aromatic heterocycles. The highest BCUT2D eigenvalue weighted by atomic mass is 16.4. The Hall–Kier alpha value is -1.84. The van der Waals surface area contributed by atoms with E-state index in [1.165, 1.54) is 4.57 Å². The fraction of sp³-hybridized carbons (Fsp3) is 0.273. The lowest BCUT2D eigenvalue weighted by atomic mass is 10.2. The molecular formula is C11H11NO3. The lowest BCUT2D eigenvalue weighted by Crippen LogP contribution is -2.24. The molecule has 15 heavy (non-hydrogen) atoms. The number of hydrogen-bond donors (Lipinski definition) is 0. The van der Waals surface area contributed by atoms with E-state index in [2.05, 4.69) is 4.42 Å². The maximum atomic E-state index is 11.4. The minimum absolute atomic E-state index is 0.446. The molecule has 0 aliphatic rings. The van der Waals surface area contributed by atoms with E-state index in [0.717, 1.165) is 5.56 Å². The van der Waals surface area contributed by atoms with Crippen LogP contribution in [0.5, 0.6) is 0 Å². The van der Waals surface area contributed by atoms with Crippen LogP contribution < -0.4 is 11.4 Å². The van der Waals surface area contributed by atoms with E-state index in [1.807, 2.05) is 26.0 Å². The highest BCUT2D eigenvalue weighted by Crippen LogP contribution is 2.10. The zero-order valence-corrected chi connectivity index (χ0v) is 8.61. The van der Waals surface area contributed by atoms with Crippen LogP contribution in [0.2, 0.25) is 0 Å². The lowest BCUT2D eigenvalue weighted by molar-refractivity contribution is 0.421. The predicted octanol–water partition coefficient (Wildman–Crippen LogP) is 1.28. The lowest BCUT2D eigenvalue weighted by Gasteiger charge is -2.05. The summed E-state index contributed by atoms with van der Waals surface area (Å²) in [6.45, 7) is 4.24. The van der Waals surface area contributed by atoms with Gasteiger partial charge in [0, 0.05) is 6.54 Å². The van der Waals surface area contributed by atoms with Gasteiger partial charge in [-0.2, -0.15) is 0 Å². The van der Waals surface area contributed by atoms with Crippen molar-refractivity contribution in [3.05, 3.63) is 44.7 Å². The molecule has 0 radical (unpaired) electrons. The van der Waals surface area contributed by atoms with Crippen molar-refractivity contribution in [2.75, 3.05) is 0 Å². The largest absolute Gasteiger partial charge is 0.422 e. The van der Waals surface area contributed by atoms with Gasteiger partial charge >= 0.3 is 11.4 Å². The van der Waals surface area contributed by atoms with Crippen molar-refractivity contribution < 1.29 is 4.42 Å². The Kier molecular flexibility index (Phi) is 2.19. The van der Waals surface area contributed by atoms with Gasteiger partial charge in [-0.15, -0.1) is 0 Å². The molecular weight excluding hydrogens is 194 g/mol. The predicted molar refractivity (Wildman–Crippen MR) is 57.2 cm³/mol. The van der Waals surface area contributed by atoms with Crippen LogP contribution in [0.3, 0.4) is 0 Å². The fourth-order valence-electron chi connectivity index (χ4n) is 1.62. The first-order valence-electron chi connectivity index (χ1n) is 4.78. The van der Waals surface area contributed by atoms with Crippen molar-refractivity contribution in [3.8, 4) is 0 Å². The molecule has 2 aromatic rings. The zero-order chi connectivity index (χ0) is 11.0. The Morgan fingerprint density at radius 2 is 2.07 bits per heavy atom. The number of hydrogen-bond acceptors (Lipinski definition) is 3. The smallest absolute Gasteiger partial charge is 0.372 e. The third kappa shape index (κ3) is 1.48. The SMILES string of the molecule is CCn1c(=O)oc(=O)c2ccc(C)cc21. The third-order valence-corrected chi connectivity index (χ3v) is 2.38. The zero-order valence-electron chi connectivity index (χ0n) is 8.61. The van der Waals surface area contributed by atoms with E-state index >= 15 is 0 Å². The van der Waals surface area contributed by atoms with Crippen LogP contribution in [-0.4, -0.2) is 4.57 Å². The molecule has 0 unspecified atom stereocenters. The molecule has 4 heteroatoms. The van der Waals surface area contributed by atoms with Crippen LogP contribution in [-0.2, 0) is 6.54 Å². The first kappa shape index (κ1) is 9.71. The van der Waals surface area contributed by atoms with Crippen molar-refractivity contribution in [2.24, 2.45) is 0 Å². The normalized spacial score (nSPS) is 10.8. The third-order valence-electron chi connectivity index (χ3n) is 2.38. The van der Waals surface area contributed by atoms with Crippen molar-refractivity contribution in [1.82, 2.24) is 4.57 Å². The van der Waals surface area contributed by atoms with Gasteiger partial charge < -0.3 is 4.42 Å². The number of rotatable bonds is 1. The van der Waals surface area contributed by atoms with Crippen molar-refractivity contribution in [1.29, 1.82) is 0 Å². The highest BCUT2D eigenvalue weighted by Gasteiger charge is 2.07. The summed E-state index contributed by atoms with van der Waals surface area (Å²) in [6.07, 6.45) is 0. The summed E-state index contributed by atoms with van der Waals surface area (Å²) in [6, 6.07) is 5.32. The summed E-state index contributed by atoms with van der Waals surface area (Å²) in [5, 5.41) is 0.446. The molecule has 0 atom stereocenters. The molecule has 2 rings (SSSR count). The summed E-state index contributed by atoms with van der Waals surface area (Å²) in [5.41, 5.74) is 1.08. The molecule has 0 fully saturated rings. The van der Waals surface area contributed by atoms with Crippen molar-refractivity contribution >= 4 is 10.9 Å². The molecule has 0 spiro atoms. The van der Waals surface area contributed by atoms with Crippen molar-refractivity contribution in [2.45, 2.75) is 20.4 Å². The second-order valence-corrected chi connectivity index (χ2v) is 3.42. The molecule has 0 aliphatic heterocycles. The van der Waals surface area contributed by atoms with Crippen molar-refractivity contribution in [3.63, 3.8) is 0 Å². The van der Waals surface area contributed by atoms with E-state index in [1.54, 1.807) is 6.07 Å². The molecule has 0 N–H and O–H groups in total. The van der Waals surface area contributed by atoms with Crippen LogP contribution in [0.15, 0.2) is 32.2 Å². The average molecular weight is 205 g/mol. The van der Waals surface area contributed by atoms with Gasteiger partial charge in [0.15, 0.2) is 0 Å². The topological polar surface area (TPSA) is 52.2 Å². The maximum absolute atomic E-state index is 11.4. The van der Waals surface area contributed by atoms with E-state index < -0.39 is 11.4 Å². The van der Waals surface area contributed by atoms with Crippen LogP contribution in [0.25, 0.3) is 10.9 Å². The van der Waals surface area contributed by atoms with Gasteiger partial charge in [-0.05, 0) is 31.5 Å². The molecule has 0 saturated heterocycles. The number of benzene rings is 1. The van der Waals surface area contributed by atoms with E-state index in [0.29, 0.717) is 17.4 Å². The second-order valence-electron chi connectivity index (χ2n) is 3.42. The number of nitrogens with zero attached hydrogens (tertiary/aromatic N) is 1. The quantitative estimate of drug-likeness (QED) is 0.704. The van der Waals surface area contributed by atoms with Gasteiger partial charge in [0.1, 0.15) is 0 Å². The summed E-state index contributed by atoms with van der Waals surface area (Å²) in [7, 11) is 0. The molecule has 1 heterocycles. The number of fused-ring (bicyclic) bond motifs is 1. The van der Waals surface area contributed by atoms with Gasteiger partial charge in [-0.3, -0.25) is 4.57 Å². The summed E-state index contributed by atoms with van der Waals surface area (Å²) >= 11 is 0. The number of aryl methyl sites for hydroxylation is 2. The first-order chi connectivity index (χ1) is 7.13. The van der Waals surface area contributed by atoms with E-state index in [-0.39, 0.29) is 0 Å². The monoisotopic (exact) mass is 205 g/mol. The van der Waals surface area contributed by atoms with Gasteiger partial charge in [0.05, 0.1) is 10.9 Å². The van der Waals surface area contributed by atoms with Crippen LogP contribution >= 0.6 is 0 Å².